The third-order valence-corrected chi connectivity index (χ3v) is 13.1. The fourth-order valence-corrected chi connectivity index (χ4v) is 9.80. The van der Waals surface area contributed by atoms with Crippen molar-refractivity contribution in [3.05, 3.63) is 266 Å². The highest BCUT2D eigenvalue weighted by Gasteiger charge is 2.27. The lowest BCUT2D eigenvalue weighted by atomic mass is 9.90. The predicted octanol–water partition coefficient (Wildman–Crippen LogP) is 16.8. The van der Waals surface area contributed by atoms with E-state index in [1.54, 1.807) is 0 Å². The molecule has 0 aromatic heterocycles. The van der Waals surface area contributed by atoms with E-state index in [-0.39, 0.29) is 12.1 Å². The SMILES string of the molecule is CC1C=CC=CC1N(c1ccc(-c2ccc(N(c3ccccc3)c3ccc(-c4ccc(N(c5ccccc5)C5CC=Cc6ccccc65)cc4)cc3)cc2)cc1)c1cccc2ccc#cc12. The largest absolute Gasteiger partial charge is 0.334 e. The van der Waals surface area contributed by atoms with Crippen molar-refractivity contribution < 1.29 is 0 Å². The molecule has 0 heterocycles. The monoisotopic (exact) mass is 847 g/mol. The molecule has 0 spiro atoms. The zero-order valence-electron chi connectivity index (χ0n) is 37.0. The zero-order chi connectivity index (χ0) is 44.2. The topological polar surface area (TPSA) is 9.72 Å². The van der Waals surface area contributed by atoms with Crippen LogP contribution in [0.4, 0.5) is 39.8 Å². The summed E-state index contributed by atoms with van der Waals surface area (Å²) in [6, 6.07) is 83.7. The lowest BCUT2D eigenvalue weighted by Gasteiger charge is -2.36. The molecule has 9 aromatic rings. The van der Waals surface area contributed by atoms with Gasteiger partial charge in [0.15, 0.2) is 0 Å². The highest BCUT2D eigenvalue weighted by Crippen LogP contribution is 2.43. The first-order valence-electron chi connectivity index (χ1n) is 23.0. The summed E-state index contributed by atoms with van der Waals surface area (Å²) in [6.07, 6.45) is 14.4. The van der Waals surface area contributed by atoms with Crippen LogP contribution < -0.4 is 14.7 Å². The summed E-state index contributed by atoms with van der Waals surface area (Å²) in [5, 5.41) is 2.24. The van der Waals surface area contributed by atoms with Crippen LogP contribution in [0.25, 0.3) is 39.1 Å². The van der Waals surface area contributed by atoms with E-state index in [0.29, 0.717) is 5.92 Å². The molecule has 2 aliphatic rings. The number of hydrogen-bond donors (Lipinski definition) is 0. The summed E-state index contributed by atoms with van der Waals surface area (Å²) in [7, 11) is 0. The summed E-state index contributed by atoms with van der Waals surface area (Å²) in [5.41, 5.74) is 15.3. The Hall–Kier alpha value is -8.32. The minimum atomic E-state index is 0.164. The highest BCUT2D eigenvalue weighted by molar-refractivity contribution is 5.95. The number of rotatable bonds is 11. The maximum absolute atomic E-state index is 3.41. The second kappa shape index (κ2) is 18.0. The molecule has 0 aliphatic heterocycles. The van der Waals surface area contributed by atoms with Crippen LogP contribution in [0.15, 0.2) is 243 Å². The van der Waals surface area contributed by atoms with Gasteiger partial charge in [0.05, 0.1) is 23.2 Å². The normalized spacial score (nSPS) is 16.0. The van der Waals surface area contributed by atoms with Crippen LogP contribution in [0.5, 0.6) is 0 Å². The number of hydrogen-bond acceptors (Lipinski definition) is 3. The minimum absolute atomic E-state index is 0.164. The van der Waals surface area contributed by atoms with Gasteiger partial charge in [-0.15, -0.1) is 0 Å². The fourth-order valence-electron chi connectivity index (χ4n) is 9.80. The molecule has 9 aromatic carbocycles. The summed E-state index contributed by atoms with van der Waals surface area (Å²) in [4.78, 5) is 7.27. The van der Waals surface area contributed by atoms with Crippen LogP contribution in [0.3, 0.4) is 0 Å². The van der Waals surface area contributed by atoms with Gasteiger partial charge in [0.2, 0.25) is 0 Å². The molecule has 66 heavy (non-hydrogen) atoms. The molecule has 0 fully saturated rings. The van der Waals surface area contributed by atoms with Crippen LogP contribution in [0, 0.1) is 18.1 Å². The maximum atomic E-state index is 3.41. The number of anilines is 7. The van der Waals surface area contributed by atoms with Gasteiger partial charge in [-0.1, -0.05) is 177 Å². The number of benzene rings is 8. The first kappa shape index (κ1) is 40.5. The summed E-state index contributed by atoms with van der Waals surface area (Å²) >= 11 is 0. The average molecular weight is 848 g/mol. The molecular formula is C63H49N3. The van der Waals surface area contributed by atoms with Gasteiger partial charge >= 0.3 is 0 Å². The quantitative estimate of drug-likeness (QED) is 0.128. The van der Waals surface area contributed by atoms with E-state index in [1.165, 1.54) is 44.8 Å². The predicted molar refractivity (Wildman–Crippen MR) is 278 cm³/mol. The zero-order valence-corrected chi connectivity index (χ0v) is 37.0. The lowest BCUT2D eigenvalue weighted by Crippen LogP contribution is -2.35. The molecule has 0 saturated carbocycles. The second-order valence-corrected chi connectivity index (χ2v) is 17.2. The van der Waals surface area contributed by atoms with Crippen molar-refractivity contribution in [1.82, 2.24) is 0 Å². The van der Waals surface area contributed by atoms with E-state index in [2.05, 4.69) is 276 Å². The van der Waals surface area contributed by atoms with Crippen molar-refractivity contribution in [1.29, 1.82) is 0 Å². The molecule has 3 atom stereocenters. The molecule has 0 bridgehead atoms. The van der Waals surface area contributed by atoms with Gasteiger partial charge in [0.25, 0.3) is 0 Å². The molecule has 3 nitrogen and oxygen atoms in total. The van der Waals surface area contributed by atoms with Gasteiger partial charge in [-0.25, -0.2) is 0 Å². The highest BCUT2D eigenvalue weighted by atomic mass is 15.2. The van der Waals surface area contributed by atoms with Gasteiger partial charge in [0, 0.05) is 34.1 Å². The molecule has 2 aliphatic carbocycles. The molecule has 11 rings (SSSR count). The molecule has 316 valence electrons. The number of para-hydroxylation sites is 2. The molecule has 3 unspecified atom stereocenters. The standard InChI is InChI=1S/C63H49N3/c1-46-16-8-13-27-61(46)66(63-29-15-20-52-18-10-12-26-60(52)63)58-44-36-50(37-45-58)48-32-40-56(41-33-48)64(53-21-4-2-5-22-53)55-38-30-47(31-39-55)49-34-42-57(43-35-49)65(54-23-6-3-7-24-54)62-28-14-19-51-17-9-11-25-59(51)62/h2-11,13-25,27,29-46,61-62H,28H2,1H3. The van der Waals surface area contributed by atoms with Crippen LogP contribution in [0.2, 0.25) is 0 Å². The van der Waals surface area contributed by atoms with Gasteiger partial charge in [-0.05, 0) is 142 Å². The Morgan fingerprint density at radius 3 is 1.59 bits per heavy atom. The number of nitrogens with zero attached hydrogens (tertiary/aromatic N) is 3. The smallest absolute Gasteiger partial charge is 0.0631 e. The van der Waals surface area contributed by atoms with Crippen molar-refractivity contribution in [2.45, 2.75) is 25.4 Å². The Balaban J connectivity index is 0.860. The minimum Gasteiger partial charge on any atom is -0.334 e. The lowest BCUT2D eigenvalue weighted by molar-refractivity contribution is 0.610. The van der Waals surface area contributed by atoms with Gasteiger partial charge in [-0.3, -0.25) is 0 Å². The van der Waals surface area contributed by atoms with Crippen molar-refractivity contribution in [3.63, 3.8) is 0 Å². The van der Waals surface area contributed by atoms with E-state index in [1.807, 2.05) is 6.07 Å². The molecule has 0 amide bonds. The Morgan fingerprint density at radius 2 is 0.970 bits per heavy atom. The van der Waals surface area contributed by atoms with Crippen LogP contribution in [-0.4, -0.2) is 6.04 Å². The molecule has 0 saturated heterocycles. The summed E-state index contributed by atoms with van der Waals surface area (Å²) in [5.74, 6) is 0.334. The Bertz CT molecular complexity index is 3160. The van der Waals surface area contributed by atoms with Crippen molar-refractivity contribution in [3.8, 4) is 22.3 Å². The van der Waals surface area contributed by atoms with Gasteiger partial charge in [-0.2, -0.15) is 0 Å². The fraction of sp³-hybridized carbons (Fsp3) is 0.0794. The molecule has 3 heteroatoms. The Morgan fingerprint density at radius 1 is 0.455 bits per heavy atom. The van der Waals surface area contributed by atoms with E-state index in [4.69, 9.17) is 0 Å². The van der Waals surface area contributed by atoms with Crippen molar-refractivity contribution in [2.24, 2.45) is 5.92 Å². The van der Waals surface area contributed by atoms with Crippen LogP contribution in [0.1, 0.15) is 30.5 Å². The third kappa shape index (κ3) is 7.95. The van der Waals surface area contributed by atoms with Crippen LogP contribution >= 0.6 is 0 Å². The Kier molecular flexibility index (Phi) is 11.1. The summed E-state index contributed by atoms with van der Waals surface area (Å²) < 4.78 is 0. The summed E-state index contributed by atoms with van der Waals surface area (Å²) in [6.45, 7) is 2.29. The number of allylic oxidation sites excluding steroid dienone is 2. The van der Waals surface area contributed by atoms with E-state index >= 15 is 0 Å². The van der Waals surface area contributed by atoms with Crippen LogP contribution in [-0.2, 0) is 0 Å². The first-order chi connectivity index (χ1) is 32.7. The van der Waals surface area contributed by atoms with E-state index in [0.717, 1.165) is 45.6 Å². The second-order valence-electron chi connectivity index (χ2n) is 17.2. The van der Waals surface area contributed by atoms with Gasteiger partial charge < -0.3 is 14.7 Å². The van der Waals surface area contributed by atoms with E-state index in [9.17, 15) is 0 Å². The average Bonchev–Trinajstić information content (AvgIpc) is 3.39. The van der Waals surface area contributed by atoms with Crippen molar-refractivity contribution >= 4 is 56.7 Å². The van der Waals surface area contributed by atoms with E-state index < -0.39 is 0 Å². The Labute approximate surface area is 389 Å². The van der Waals surface area contributed by atoms with Crippen molar-refractivity contribution in [2.75, 3.05) is 14.7 Å². The molecular weight excluding hydrogens is 799 g/mol. The maximum Gasteiger partial charge on any atom is 0.0631 e. The number of fused-ring (bicyclic) bond motifs is 2. The third-order valence-electron chi connectivity index (χ3n) is 13.1. The van der Waals surface area contributed by atoms with Gasteiger partial charge in [0.1, 0.15) is 0 Å². The molecule has 0 radical (unpaired) electrons. The molecule has 0 N–H and O–H groups in total. The first-order valence-corrected chi connectivity index (χ1v) is 23.0.